The summed E-state index contributed by atoms with van der Waals surface area (Å²) >= 11 is 0. The highest BCUT2D eigenvalue weighted by molar-refractivity contribution is 5.43. The number of hydrogen-bond donors (Lipinski definition) is 0. The van der Waals surface area contributed by atoms with Gasteiger partial charge in [-0.05, 0) is 6.08 Å². The normalized spacial score (nSPS) is 15.3. The predicted molar refractivity (Wildman–Crippen MR) is 34.9 cm³/mol. The molecule has 11 heavy (non-hydrogen) atoms. The van der Waals surface area contributed by atoms with E-state index in [-0.39, 0.29) is 24.3 Å². The number of hydrogen-bond acceptors (Lipinski definition) is 4. The van der Waals surface area contributed by atoms with Crippen LogP contribution in [-0.2, 0) is 9.53 Å². The monoisotopic (exact) mass is 155 g/mol. The maximum absolute atomic E-state index is 10.1. The minimum absolute atomic E-state index is 0.0434. The first-order valence-corrected chi connectivity index (χ1v) is 2.89. The van der Waals surface area contributed by atoms with Gasteiger partial charge in [0.2, 0.25) is 0 Å². The Kier molecular flexibility index (Phi) is 2.00. The van der Waals surface area contributed by atoms with Crippen molar-refractivity contribution in [2.24, 2.45) is 0 Å². The Bertz CT molecular complexity index is 253. The Morgan fingerprint density at radius 1 is 1.73 bits per heavy atom. The van der Waals surface area contributed by atoms with E-state index in [2.05, 4.69) is 4.74 Å². The average Bonchev–Trinajstić information content (AvgIpc) is 2.37. The van der Waals surface area contributed by atoms with Crippen LogP contribution in [0.25, 0.3) is 0 Å². The first-order chi connectivity index (χ1) is 5.24. The summed E-state index contributed by atoms with van der Waals surface area (Å²) in [7, 11) is 0. The van der Waals surface area contributed by atoms with Crippen LogP contribution in [0, 0.1) is 10.1 Å². The van der Waals surface area contributed by atoms with Crippen LogP contribution in [0.4, 0.5) is 0 Å². The highest BCUT2D eigenvalue weighted by Gasteiger charge is 2.16. The van der Waals surface area contributed by atoms with Crippen LogP contribution in [0.15, 0.2) is 23.6 Å². The van der Waals surface area contributed by atoms with Crippen molar-refractivity contribution >= 4 is 6.47 Å². The van der Waals surface area contributed by atoms with E-state index in [1.807, 2.05) is 0 Å². The van der Waals surface area contributed by atoms with Gasteiger partial charge in [-0.25, -0.2) is 0 Å². The van der Waals surface area contributed by atoms with E-state index < -0.39 is 4.92 Å². The second kappa shape index (κ2) is 2.96. The molecule has 0 fully saturated rings. The number of rotatable bonds is 3. The lowest BCUT2D eigenvalue weighted by Crippen LogP contribution is -1.94. The van der Waals surface area contributed by atoms with Gasteiger partial charge in [0.05, 0.1) is 17.4 Å². The fourth-order valence-corrected chi connectivity index (χ4v) is 0.752. The van der Waals surface area contributed by atoms with E-state index in [4.69, 9.17) is 0 Å². The van der Waals surface area contributed by atoms with Crippen molar-refractivity contribution in [1.29, 1.82) is 0 Å². The van der Waals surface area contributed by atoms with Gasteiger partial charge in [-0.2, -0.15) is 0 Å². The Labute approximate surface area is 62.1 Å². The molecule has 0 spiro atoms. The number of allylic oxidation sites excluding steroid dienone is 2. The Morgan fingerprint density at radius 2 is 2.45 bits per heavy atom. The van der Waals surface area contributed by atoms with Crippen molar-refractivity contribution in [3.63, 3.8) is 0 Å². The molecular formula is C6H5NO4. The molecule has 5 heteroatoms. The average molecular weight is 155 g/mol. The van der Waals surface area contributed by atoms with Gasteiger partial charge >= 0.3 is 0 Å². The maximum Gasteiger partial charge on any atom is 0.298 e. The molecule has 58 valence electrons. The summed E-state index contributed by atoms with van der Waals surface area (Å²) in [6.07, 6.45) is 2.93. The zero-order chi connectivity index (χ0) is 8.27. The zero-order valence-electron chi connectivity index (χ0n) is 5.52. The quantitative estimate of drug-likeness (QED) is 0.340. The van der Waals surface area contributed by atoms with Crippen molar-refractivity contribution in [3.05, 3.63) is 33.7 Å². The summed E-state index contributed by atoms with van der Waals surface area (Å²) in [6.45, 7) is 0.241. The largest absolute Gasteiger partial charge is 0.429 e. The molecule has 0 heterocycles. The molecule has 1 aliphatic rings. The summed E-state index contributed by atoms with van der Waals surface area (Å²) in [6, 6.07) is 0. The summed E-state index contributed by atoms with van der Waals surface area (Å²) in [5, 5.41) is 10.1. The standard InChI is InChI=1S/C6H5NO4/c8-4-11-6-2-1-5(3-6)7(9)10/h2-4H,1H2. The Morgan fingerprint density at radius 3 is 2.91 bits per heavy atom. The predicted octanol–water partition coefficient (Wildman–Crippen LogP) is 0.608. The third-order valence-electron chi connectivity index (χ3n) is 1.24. The summed E-state index contributed by atoms with van der Waals surface area (Å²) < 4.78 is 4.38. The third-order valence-corrected chi connectivity index (χ3v) is 1.24. The van der Waals surface area contributed by atoms with Gasteiger partial charge < -0.3 is 4.74 Å². The van der Waals surface area contributed by atoms with Gasteiger partial charge in [0.15, 0.2) is 0 Å². The van der Waals surface area contributed by atoms with Crippen LogP contribution in [0.1, 0.15) is 6.42 Å². The molecule has 0 N–H and O–H groups in total. The van der Waals surface area contributed by atoms with Crippen LogP contribution in [0.5, 0.6) is 0 Å². The van der Waals surface area contributed by atoms with Crippen molar-refractivity contribution in [2.75, 3.05) is 0 Å². The SMILES string of the molecule is O=COC1=CCC([N+](=O)[O-])=C1. The van der Waals surface area contributed by atoms with Crippen molar-refractivity contribution in [2.45, 2.75) is 6.42 Å². The smallest absolute Gasteiger partial charge is 0.298 e. The Hall–Kier alpha value is -1.65. The fraction of sp³-hybridized carbons (Fsp3) is 0.167. The van der Waals surface area contributed by atoms with Crippen molar-refractivity contribution in [3.8, 4) is 0 Å². The molecule has 1 aliphatic carbocycles. The molecule has 0 bridgehead atoms. The number of ether oxygens (including phenoxy) is 1. The first kappa shape index (κ1) is 7.46. The number of nitrogens with zero attached hydrogens (tertiary/aromatic N) is 1. The van der Waals surface area contributed by atoms with Gasteiger partial charge in [0.25, 0.3) is 12.2 Å². The van der Waals surface area contributed by atoms with Crippen LogP contribution >= 0.6 is 0 Å². The van der Waals surface area contributed by atoms with Crippen molar-refractivity contribution in [1.82, 2.24) is 0 Å². The number of carbonyl (C=O) groups excluding carboxylic acids is 1. The van der Waals surface area contributed by atoms with E-state index in [0.717, 1.165) is 0 Å². The van der Waals surface area contributed by atoms with E-state index in [1.54, 1.807) is 0 Å². The molecule has 0 atom stereocenters. The van der Waals surface area contributed by atoms with E-state index in [9.17, 15) is 14.9 Å². The third kappa shape index (κ3) is 1.64. The van der Waals surface area contributed by atoms with Gasteiger partial charge in [-0.15, -0.1) is 0 Å². The first-order valence-electron chi connectivity index (χ1n) is 2.89. The lowest BCUT2D eigenvalue weighted by Gasteiger charge is -1.88. The second-order valence-electron chi connectivity index (χ2n) is 1.92. The topological polar surface area (TPSA) is 69.4 Å². The van der Waals surface area contributed by atoms with Gasteiger partial charge in [0.1, 0.15) is 5.76 Å². The molecule has 0 aromatic carbocycles. The van der Waals surface area contributed by atoms with Crippen LogP contribution < -0.4 is 0 Å². The Balaban J connectivity index is 2.62. The van der Waals surface area contributed by atoms with Crippen LogP contribution in [-0.4, -0.2) is 11.4 Å². The zero-order valence-corrected chi connectivity index (χ0v) is 5.52. The molecule has 0 amide bonds. The lowest BCUT2D eigenvalue weighted by atomic mass is 10.4. The number of carbonyl (C=O) groups is 1. The van der Waals surface area contributed by atoms with E-state index in [1.165, 1.54) is 12.2 Å². The highest BCUT2D eigenvalue weighted by Crippen LogP contribution is 2.17. The summed E-state index contributed by atoms with van der Waals surface area (Å²) in [5.74, 6) is 0.242. The lowest BCUT2D eigenvalue weighted by molar-refractivity contribution is -0.426. The van der Waals surface area contributed by atoms with Gasteiger partial charge in [0, 0.05) is 0 Å². The molecule has 5 nitrogen and oxygen atoms in total. The molecule has 1 rings (SSSR count). The molecule has 0 radical (unpaired) electrons. The maximum atomic E-state index is 10.1. The minimum atomic E-state index is -0.502. The van der Waals surface area contributed by atoms with E-state index >= 15 is 0 Å². The fourth-order valence-electron chi connectivity index (χ4n) is 0.752. The summed E-state index contributed by atoms with van der Waals surface area (Å²) in [5.41, 5.74) is 0.0434. The van der Waals surface area contributed by atoms with Crippen molar-refractivity contribution < 1.29 is 14.5 Å². The molecule has 0 saturated heterocycles. The van der Waals surface area contributed by atoms with Crippen LogP contribution in [0.2, 0.25) is 0 Å². The second-order valence-corrected chi connectivity index (χ2v) is 1.92. The highest BCUT2D eigenvalue weighted by atomic mass is 16.6. The summed E-state index contributed by atoms with van der Waals surface area (Å²) in [4.78, 5) is 19.4. The molecule has 0 aromatic rings. The molecule has 0 aromatic heterocycles. The van der Waals surface area contributed by atoms with Crippen LogP contribution in [0.3, 0.4) is 0 Å². The molecular weight excluding hydrogens is 150 g/mol. The van der Waals surface area contributed by atoms with Gasteiger partial charge in [-0.1, -0.05) is 0 Å². The van der Waals surface area contributed by atoms with Gasteiger partial charge in [-0.3, -0.25) is 14.9 Å². The number of nitro groups is 1. The molecule has 0 unspecified atom stereocenters. The molecule has 0 saturated carbocycles. The van der Waals surface area contributed by atoms with E-state index in [0.29, 0.717) is 0 Å². The molecule has 0 aliphatic heterocycles. The minimum Gasteiger partial charge on any atom is -0.429 e.